The first kappa shape index (κ1) is 14.0. The number of carbonyl (C=O) groups excluding carboxylic acids is 1. The average molecular weight is 255 g/mol. The number of hydrazine groups is 1. The summed E-state index contributed by atoms with van der Waals surface area (Å²) in [6.07, 6.45) is 2.13. The number of benzene rings is 1. The van der Waals surface area contributed by atoms with E-state index in [2.05, 4.69) is 12.3 Å². The Morgan fingerprint density at radius 3 is 2.71 bits per heavy atom. The summed E-state index contributed by atoms with van der Waals surface area (Å²) in [5.41, 5.74) is 4.98. The second-order valence-electron chi connectivity index (χ2n) is 4.05. The van der Waals surface area contributed by atoms with Gasteiger partial charge in [0.25, 0.3) is 0 Å². The minimum Gasteiger partial charge on any atom is -0.273 e. The molecule has 0 aliphatic carbocycles. The molecule has 0 aliphatic rings. The van der Waals surface area contributed by atoms with Gasteiger partial charge in [0.15, 0.2) is 0 Å². The molecule has 0 heterocycles. The smallest absolute Gasteiger partial charge is 0.238 e. The molecule has 1 N–H and O–H groups in total. The fourth-order valence-electron chi connectivity index (χ4n) is 1.60. The molecule has 0 fully saturated rings. The van der Waals surface area contributed by atoms with Crippen LogP contribution < -0.4 is 10.4 Å². The molecule has 0 spiro atoms. The van der Waals surface area contributed by atoms with Gasteiger partial charge in [-0.15, -0.1) is 0 Å². The molecule has 3 nitrogen and oxygen atoms in total. The number of amides is 1. The van der Waals surface area contributed by atoms with Gasteiger partial charge in [0.05, 0.1) is 5.69 Å². The number of nitrogens with one attached hydrogen (secondary N) is 1. The standard InChI is InChI=1S/C13H19ClN2O/c1-4-5-8-15-16(11(3)17)13-7-6-12(14)9-10(13)2/h6-7,9,15H,4-5,8H2,1-3H3. The molecular weight excluding hydrogens is 236 g/mol. The molecule has 1 aromatic carbocycles. The molecule has 0 saturated heterocycles. The maximum absolute atomic E-state index is 11.6. The maximum atomic E-state index is 11.6. The van der Waals surface area contributed by atoms with Gasteiger partial charge in [-0.3, -0.25) is 4.79 Å². The zero-order valence-corrected chi connectivity index (χ0v) is 11.3. The monoisotopic (exact) mass is 254 g/mol. The number of rotatable bonds is 5. The lowest BCUT2D eigenvalue weighted by Gasteiger charge is -2.23. The maximum Gasteiger partial charge on any atom is 0.238 e. The Kier molecular flexibility index (Phi) is 5.45. The first-order chi connectivity index (χ1) is 8.06. The molecular formula is C13H19ClN2O. The first-order valence-corrected chi connectivity index (χ1v) is 6.24. The van der Waals surface area contributed by atoms with Gasteiger partial charge in [-0.1, -0.05) is 24.9 Å². The third kappa shape index (κ3) is 4.02. The van der Waals surface area contributed by atoms with Crippen molar-refractivity contribution in [3.63, 3.8) is 0 Å². The van der Waals surface area contributed by atoms with Crippen molar-refractivity contribution in [1.29, 1.82) is 0 Å². The molecule has 0 aliphatic heterocycles. The fourth-order valence-corrected chi connectivity index (χ4v) is 1.83. The molecule has 0 radical (unpaired) electrons. The van der Waals surface area contributed by atoms with E-state index in [1.54, 1.807) is 18.0 Å². The largest absolute Gasteiger partial charge is 0.273 e. The van der Waals surface area contributed by atoms with E-state index < -0.39 is 0 Å². The van der Waals surface area contributed by atoms with Gasteiger partial charge in [0.2, 0.25) is 5.91 Å². The second-order valence-corrected chi connectivity index (χ2v) is 4.48. The van der Waals surface area contributed by atoms with Crippen molar-refractivity contribution in [1.82, 2.24) is 5.43 Å². The highest BCUT2D eigenvalue weighted by atomic mass is 35.5. The van der Waals surface area contributed by atoms with Gasteiger partial charge >= 0.3 is 0 Å². The van der Waals surface area contributed by atoms with Crippen LogP contribution in [0.25, 0.3) is 0 Å². The molecule has 1 rings (SSSR count). The van der Waals surface area contributed by atoms with E-state index in [1.807, 2.05) is 19.1 Å². The van der Waals surface area contributed by atoms with Crippen molar-refractivity contribution in [2.24, 2.45) is 0 Å². The van der Waals surface area contributed by atoms with E-state index >= 15 is 0 Å². The summed E-state index contributed by atoms with van der Waals surface area (Å²) in [5.74, 6) is -0.0217. The average Bonchev–Trinajstić information content (AvgIpc) is 2.25. The Morgan fingerprint density at radius 1 is 1.47 bits per heavy atom. The number of halogens is 1. The minimum absolute atomic E-state index is 0.0217. The molecule has 0 atom stereocenters. The number of aryl methyl sites for hydroxylation is 1. The van der Waals surface area contributed by atoms with Crippen molar-refractivity contribution in [2.75, 3.05) is 11.6 Å². The van der Waals surface area contributed by atoms with Crippen LogP contribution in [-0.4, -0.2) is 12.5 Å². The third-order valence-corrected chi connectivity index (χ3v) is 2.75. The molecule has 0 unspecified atom stereocenters. The van der Waals surface area contributed by atoms with Crippen molar-refractivity contribution in [3.8, 4) is 0 Å². The van der Waals surface area contributed by atoms with E-state index in [-0.39, 0.29) is 5.91 Å². The summed E-state index contributed by atoms with van der Waals surface area (Å²) in [5, 5.41) is 2.27. The lowest BCUT2D eigenvalue weighted by molar-refractivity contribution is -0.117. The lowest BCUT2D eigenvalue weighted by Crippen LogP contribution is -2.42. The van der Waals surface area contributed by atoms with E-state index in [9.17, 15) is 4.79 Å². The van der Waals surface area contributed by atoms with Gasteiger partial charge < -0.3 is 0 Å². The van der Waals surface area contributed by atoms with E-state index in [0.717, 1.165) is 30.6 Å². The fraction of sp³-hybridized carbons (Fsp3) is 0.462. The molecule has 4 heteroatoms. The van der Waals surface area contributed by atoms with E-state index in [0.29, 0.717) is 5.02 Å². The summed E-state index contributed by atoms with van der Waals surface area (Å²) >= 11 is 5.90. The van der Waals surface area contributed by atoms with Crippen molar-refractivity contribution >= 4 is 23.2 Å². The summed E-state index contributed by atoms with van der Waals surface area (Å²) in [7, 11) is 0. The van der Waals surface area contributed by atoms with Crippen molar-refractivity contribution in [2.45, 2.75) is 33.6 Å². The van der Waals surface area contributed by atoms with Crippen LogP contribution >= 0.6 is 11.6 Å². The van der Waals surface area contributed by atoms with Gasteiger partial charge in [0, 0.05) is 18.5 Å². The third-order valence-electron chi connectivity index (χ3n) is 2.51. The lowest BCUT2D eigenvalue weighted by atomic mass is 10.2. The van der Waals surface area contributed by atoms with Crippen LogP contribution in [0.3, 0.4) is 0 Å². The quantitative estimate of drug-likeness (QED) is 0.646. The summed E-state index contributed by atoms with van der Waals surface area (Å²) in [6.45, 7) is 6.40. The molecule has 0 saturated carbocycles. The van der Waals surface area contributed by atoms with Gasteiger partial charge in [-0.25, -0.2) is 10.4 Å². The highest BCUT2D eigenvalue weighted by molar-refractivity contribution is 6.30. The van der Waals surface area contributed by atoms with E-state index in [1.165, 1.54) is 0 Å². The topological polar surface area (TPSA) is 32.3 Å². The number of hydrogen-bond acceptors (Lipinski definition) is 2. The predicted octanol–water partition coefficient (Wildman–Crippen LogP) is 3.31. The van der Waals surface area contributed by atoms with Gasteiger partial charge in [0.1, 0.15) is 0 Å². The Bertz CT molecular complexity index is 393. The molecule has 0 aromatic heterocycles. The highest BCUT2D eigenvalue weighted by Crippen LogP contribution is 2.22. The summed E-state index contributed by atoms with van der Waals surface area (Å²) in [4.78, 5) is 11.6. The number of carbonyl (C=O) groups is 1. The molecule has 1 amide bonds. The van der Waals surface area contributed by atoms with Crippen molar-refractivity contribution in [3.05, 3.63) is 28.8 Å². The number of anilines is 1. The zero-order chi connectivity index (χ0) is 12.8. The Labute approximate surface area is 108 Å². The molecule has 94 valence electrons. The van der Waals surface area contributed by atoms with Crippen LogP contribution in [0.1, 0.15) is 32.3 Å². The van der Waals surface area contributed by atoms with Crippen molar-refractivity contribution < 1.29 is 4.79 Å². The van der Waals surface area contributed by atoms with Gasteiger partial charge in [-0.2, -0.15) is 0 Å². The first-order valence-electron chi connectivity index (χ1n) is 5.86. The Balaban J connectivity index is 2.86. The second kappa shape index (κ2) is 6.62. The summed E-state index contributed by atoms with van der Waals surface area (Å²) in [6, 6.07) is 5.51. The molecule has 0 bridgehead atoms. The van der Waals surface area contributed by atoms with Crippen LogP contribution in [0.2, 0.25) is 5.02 Å². The highest BCUT2D eigenvalue weighted by Gasteiger charge is 2.13. The Hall–Kier alpha value is -1.06. The predicted molar refractivity (Wildman–Crippen MR) is 72.3 cm³/mol. The molecule has 17 heavy (non-hydrogen) atoms. The van der Waals surface area contributed by atoms with Crippen LogP contribution in [-0.2, 0) is 4.79 Å². The molecule has 1 aromatic rings. The normalized spacial score (nSPS) is 10.4. The minimum atomic E-state index is -0.0217. The number of hydrogen-bond donors (Lipinski definition) is 1. The zero-order valence-electron chi connectivity index (χ0n) is 10.6. The van der Waals surface area contributed by atoms with Crippen LogP contribution in [0.15, 0.2) is 18.2 Å². The van der Waals surface area contributed by atoms with Crippen LogP contribution in [0, 0.1) is 6.92 Å². The SMILES string of the molecule is CCCCNN(C(C)=O)c1ccc(Cl)cc1C. The van der Waals surface area contributed by atoms with Gasteiger partial charge in [-0.05, 0) is 37.1 Å². The van der Waals surface area contributed by atoms with Crippen LogP contribution in [0.4, 0.5) is 5.69 Å². The Morgan fingerprint density at radius 2 is 2.18 bits per heavy atom. The number of nitrogens with zero attached hydrogens (tertiary/aromatic N) is 1. The van der Waals surface area contributed by atoms with Crippen LogP contribution in [0.5, 0.6) is 0 Å². The summed E-state index contributed by atoms with van der Waals surface area (Å²) < 4.78 is 0. The number of unbranched alkanes of at least 4 members (excludes halogenated alkanes) is 1. The van der Waals surface area contributed by atoms with E-state index in [4.69, 9.17) is 11.6 Å².